The van der Waals surface area contributed by atoms with Gasteiger partial charge >= 0.3 is 0 Å². The summed E-state index contributed by atoms with van der Waals surface area (Å²) in [5, 5.41) is 6.07. The number of nitrogens with one attached hydrogen (secondary N) is 2. The van der Waals surface area contributed by atoms with E-state index in [0.717, 1.165) is 37.2 Å². The summed E-state index contributed by atoms with van der Waals surface area (Å²) in [6.07, 6.45) is 4.50. The van der Waals surface area contributed by atoms with E-state index in [1.54, 1.807) is 6.07 Å². The Morgan fingerprint density at radius 1 is 0.964 bits per heavy atom. The Balaban J connectivity index is 1.59. The maximum atomic E-state index is 12.8. The first-order valence-electron chi connectivity index (χ1n) is 10.0. The third-order valence-corrected chi connectivity index (χ3v) is 5.33. The number of benzene rings is 2. The van der Waals surface area contributed by atoms with E-state index in [1.165, 1.54) is 18.4 Å². The van der Waals surface area contributed by atoms with Gasteiger partial charge in [-0.15, -0.1) is 0 Å². The third kappa shape index (κ3) is 5.12. The first kappa shape index (κ1) is 19.9. The van der Waals surface area contributed by atoms with Crippen LogP contribution in [0.5, 0.6) is 0 Å². The van der Waals surface area contributed by atoms with Crippen molar-refractivity contribution in [2.45, 2.75) is 39.5 Å². The van der Waals surface area contributed by atoms with E-state index in [2.05, 4.69) is 10.6 Å². The number of hydrogen-bond acceptors (Lipinski definition) is 3. The van der Waals surface area contributed by atoms with Crippen molar-refractivity contribution in [3.05, 3.63) is 59.2 Å². The van der Waals surface area contributed by atoms with Crippen LogP contribution in [0.2, 0.25) is 0 Å². The average molecular weight is 380 g/mol. The monoisotopic (exact) mass is 379 g/mol. The van der Waals surface area contributed by atoms with Crippen LogP contribution in [-0.4, -0.2) is 36.3 Å². The topological polar surface area (TPSA) is 61.4 Å². The van der Waals surface area contributed by atoms with Crippen LogP contribution < -0.4 is 10.6 Å². The van der Waals surface area contributed by atoms with Crippen molar-refractivity contribution >= 4 is 23.2 Å². The predicted octanol–water partition coefficient (Wildman–Crippen LogP) is 4.37. The minimum atomic E-state index is -0.139. The molecule has 28 heavy (non-hydrogen) atoms. The lowest BCUT2D eigenvalue weighted by Gasteiger charge is -2.20. The summed E-state index contributed by atoms with van der Waals surface area (Å²) in [6, 6.07) is 13.2. The molecule has 3 rings (SSSR count). The van der Waals surface area contributed by atoms with Gasteiger partial charge in [0.2, 0.25) is 5.91 Å². The van der Waals surface area contributed by atoms with Gasteiger partial charge in [-0.3, -0.25) is 9.59 Å². The van der Waals surface area contributed by atoms with Crippen LogP contribution in [-0.2, 0) is 4.79 Å². The van der Waals surface area contributed by atoms with E-state index < -0.39 is 0 Å². The van der Waals surface area contributed by atoms with Gasteiger partial charge in [0.15, 0.2) is 0 Å². The molecule has 0 bridgehead atoms. The Kier molecular flexibility index (Phi) is 6.69. The SMILES string of the molecule is Cc1cccc(NCC(=O)Nc2cccc(C(=O)N3CCCCCC3)c2)c1C. The second-order valence-corrected chi connectivity index (χ2v) is 7.44. The number of aryl methyl sites for hydroxylation is 1. The summed E-state index contributed by atoms with van der Waals surface area (Å²) in [7, 11) is 0. The van der Waals surface area contributed by atoms with Crippen LogP contribution >= 0.6 is 0 Å². The van der Waals surface area contributed by atoms with Crippen molar-refractivity contribution < 1.29 is 9.59 Å². The molecular weight excluding hydrogens is 350 g/mol. The second kappa shape index (κ2) is 9.40. The number of carbonyl (C=O) groups excluding carboxylic acids is 2. The highest BCUT2D eigenvalue weighted by atomic mass is 16.2. The van der Waals surface area contributed by atoms with Crippen molar-refractivity contribution in [2.75, 3.05) is 30.3 Å². The molecule has 0 unspecified atom stereocenters. The van der Waals surface area contributed by atoms with Gasteiger partial charge in [-0.1, -0.05) is 31.0 Å². The van der Waals surface area contributed by atoms with E-state index in [0.29, 0.717) is 11.3 Å². The number of nitrogens with zero attached hydrogens (tertiary/aromatic N) is 1. The molecule has 0 radical (unpaired) electrons. The molecule has 1 fully saturated rings. The Morgan fingerprint density at radius 2 is 1.68 bits per heavy atom. The summed E-state index contributed by atoms with van der Waals surface area (Å²) in [6.45, 7) is 5.89. The van der Waals surface area contributed by atoms with E-state index in [1.807, 2.05) is 55.1 Å². The predicted molar refractivity (Wildman–Crippen MR) is 114 cm³/mol. The second-order valence-electron chi connectivity index (χ2n) is 7.44. The number of rotatable bonds is 5. The number of carbonyl (C=O) groups is 2. The van der Waals surface area contributed by atoms with Crippen molar-refractivity contribution in [1.82, 2.24) is 4.90 Å². The summed E-state index contributed by atoms with van der Waals surface area (Å²) in [4.78, 5) is 27.0. The zero-order valence-electron chi connectivity index (χ0n) is 16.8. The molecule has 2 aromatic carbocycles. The maximum absolute atomic E-state index is 12.8. The molecular formula is C23H29N3O2. The number of likely N-dealkylation sites (tertiary alicyclic amines) is 1. The quantitative estimate of drug-likeness (QED) is 0.811. The first-order chi connectivity index (χ1) is 13.5. The lowest BCUT2D eigenvalue weighted by atomic mass is 10.1. The van der Waals surface area contributed by atoms with Gasteiger partial charge in [0, 0.05) is 30.0 Å². The highest BCUT2D eigenvalue weighted by molar-refractivity contribution is 5.98. The number of hydrogen-bond donors (Lipinski definition) is 2. The molecule has 2 aromatic rings. The molecule has 148 valence electrons. The first-order valence-corrected chi connectivity index (χ1v) is 10.0. The normalized spacial score (nSPS) is 14.3. The zero-order valence-corrected chi connectivity index (χ0v) is 16.8. The maximum Gasteiger partial charge on any atom is 0.253 e. The number of anilines is 2. The molecule has 0 aliphatic carbocycles. The minimum absolute atomic E-state index is 0.0477. The van der Waals surface area contributed by atoms with Crippen LogP contribution in [0.1, 0.15) is 47.2 Å². The van der Waals surface area contributed by atoms with E-state index in [4.69, 9.17) is 0 Å². The fourth-order valence-electron chi connectivity index (χ4n) is 3.51. The highest BCUT2D eigenvalue weighted by Gasteiger charge is 2.17. The van der Waals surface area contributed by atoms with Crippen LogP contribution in [0.15, 0.2) is 42.5 Å². The summed E-state index contributed by atoms with van der Waals surface area (Å²) >= 11 is 0. The molecule has 0 atom stereocenters. The summed E-state index contributed by atoms with van der Waals surface area (Å²) in [5.74, 6) is -0.0909. The van der Waals surface area contributed by atoms with Gasteiger partial charge in [0.1, 0.15) is 0 Å². The van der Waals surface area contributed by atoms with E-state index in [9.17, 15) is 9.59 Å². The molecule has 1 saturated heterocycles. The van der Waals surface area contributed by atoms with Gasteiger partial charge in [-0.05, 0) is 62.1 Å². The van der Waals surface area contributed by atoms with Crippen molar-refractivity contribution in [3.8, 4) is 0 Å². The van der Waals surface area contributed by atoms with Crippen LogP contribution in [0.3, 0.4) is 0 Å². The zero-order chi connectivity index (χ0) is 19.9. The average Bonchev–Trinajstić information content (AvgIpc) is 2.98. The van der Waals surface area contributed by atoms with E-state index in [-0.39, 0.29) is 18.4 Å². The number of amides is 2. The van der Waals surface area contributed by atoms with Crippen LogP contribution in [0.25, 0.3) is 0 Å². The van der Waals surface area contributed by atoms with Gasteiger partial charge in [0.25, 0.3) is 5.91 Å². The summed E-state index contributed by atoms with van der Waals surface area (Å²) in [5.41, 5.74) is 4.56. The van der Waals surface area contributed by atoms with E-state index >= 15 is 0 Å². The van der Waals surface area contributed by atoms with Crippen molar-refractivity contribution in [3.63, 3.8) is 0 Å². The third-order valence-electron chi connectivity index (χ3n) is 5.33. The van der Waals surface area contributed by atoms with Gasteiger partial charge in [-0.2, -0.15) is 0 Å². The molecule has 0 spiro atoms. The fraction of sp³-hybridized carbons (Fsp3) is 0.391. The molecule has 5 nitrogen and oxygen atoms in total. The van der Waals surface area contributed by atoms with Gasteiger partial charge in [-0.25, -0.2) is 0 Å². The Hall–Kier alpha value is -2.82. The molecule has 2 amide bonds. The standard InChI is InChI=1S/C23H29N3O2/c1-17-9-7-12-21(18(17)2)24-16-22(27)25-20-11-8-10-19(15-20)23(28)26-13-5-3-4-6-14-26/h7-12,15,24H,3-6,13-14,16H2,1-2H3,(H,25,27). The smallest absolute Gasteiger partial charge is 0.253 e. The molecule has 0 saturated carbocycles. The van der Waals surface area contributed by atoms with Gasteiger partial charge < -0.3 is 15.5 Å². The van der Waals surface area contributed by atoms with Crippen molar-refractivity contribution in [2.24, 2.45) is 0 Å². The molecule has 1 aliphatic rings. The Labute approximate surface area is 167 Å². The lowest BCUT2D eigenvalue weighted by molar-refractivity contribution is -0.114. The molecule has 1 heterocycles. The van der Waals surface area contributed by atoms with Crippen LogP contribution in [0, 0.1) is 13.8 Å². The highest BCUT2D eigenvalue weighted by Crippen LogP contribution is 2.18. The van der Waals surface area contributed by atoms with Crippen LogP contribution in [0.4, 0.5) is 11.4 Å². The Bertz CT molecular complexity index is 839. The Morgan fingerprint density at radius 3 is 2.43 bits per heavy atom. The summed E-state index contributed by atoms with van der Waals surface area (Å²) < 4.78 is 0. The van der Waals surface area contributed by atoms with Crippen molar-refractivity contribution in [1.29, 1.82) is 0 Å². The lowest BCUT2D eigenvalue weighted by Crippen LogP contribution is -2.31. The fourth-order valence-corrected chi connectivity index (χ4v) is 3.51. The molecule has 1 aliphatic heterocycles. The minimum Gasteiger partial charge on any atom is -0.376 e. The van der Waals surface area contributed by atoms with Gasteiger partial charge in [0.05, 0.1) is 6.54 Å². The molecule has 5 heteroatoms. The largest absolute Gasteiger partial charge is 0.376 e. The molecule has 0 aromatic heterocycles. The molecule has 2 N–H and O–H groups in total.